The molecule has 3 rings (SSSR count). The highest BCUT2D eigenvalue weighted by Crippen LogP contribution is 2.57. The first-order valence-corrected chi connectivity index (χ1v) is 15.2. The van der Waals surface area contributed by atoms with Crippen LogP contribution in [0.1, 0.15) is 32.2 Å². The lowest BCUT2D eigenvalue weighted by molar-refractivity contribution is 0.315. The van der Waals surface area contributed by atoms with Crippen molar-refractivity contribution in [2.45, 2.75) is 45.6 Å². The van der Waals surface area contributed by atoms with Crippen molar-refractivity contribution in [1.29, 1.82) is 0 Å². The number of hydrogen-bond acceptors (Lipinski definition) is 2. The summed E-state index contributed by atoms with van der Waals surface area (Å²) in [5.41, 5.74) is 5.04. The highest BCUT2D eigenvalue weighted by atomic mass is 31.0. The molecule has 3 atom stereocenters. The predicted octanol–water partition coefficient (Wildman–Crippen LogP) is 6.25. The van der Waals surface area contributed by atoms with Crippen LogP contribution in [0.15, 0.2) is 71.2 Å². The van der Waals surface area contributed by atoms with Gasteiger partial charge >= 0.3 is 0 Å². The van der Waals surface area contributed by atoms with Crippen LogP contribution in [0.4, 0.5) is 0 Å². The average Bonchev–Trinajstić information content (AvgIpc) is 3.10. The van der Waals surface area contributed by atoms with E-state index in [1.54, 1.807) is 5.20 Å². The van der Waals surface area contributed by atoms with E-state index >= 15 is 0 Å². The Kier molecular flexibility index (Phi) is 6.36. The minimum Gasteiger partial charge on any atom is -0.260 e. The maximum atomic E-state index is 4.83. The second-order valence-corrected chi connectivity index (χ2v) is 16.4. The Morgan fingerprint density at radius 2 is 1.45 bits per heavy atom. The van der Waals surface area contributed by atoms with E-state index in [-0.39, 0.29) is 5.41 Å². The molecule has 3 unspecified atom stereocenters. The summed E-state index contributed by atoms with van der Waals surface area (Å²) in [6.45, 7) is 14.5. The second kappa shape index (κ2) is 8.18. The van der Waals surface area contributed by atoms with Gasteiger partial charge in [0.25, 0.3) is 0 Å². The van der Waals surface area contributed by atoms with Gasteiger partial charge in [0, 0.05) is 18.3 Å². The summed E-state index contributed by atoms with van der Waals surface area (Å²) < 4.78 is 0. The van der Waals surface area contributed by atoms with Gasteiger partial charge in [-0.25, -0.2) is 0 Å². The molecule has 5 heteroatoms. The lowest BCUT2D eigenvalue weighted by Gasteiger charge is -2.43. The predicted molar refractivity (Wildman–Crippen MR) is 135 cm³/mol. The molecule has 154 valence electrons. The number of nitrogens with zero attached hydrogens (tertiary/aromatic N) is 2. The van der Waals surface area contributed by atoms with Crippen LogP contribution in [0.25, 0.3) is 0 Å². The zero-order valence-corrected chi connectivity index (χ0v) is 21.8. The van der Waals surface area contributed by atoms with Gasteiger partial charge in [-0.2, -0.15) is 0 Å². The third-order valence-electron chi connectivity index (χ3n) is 5.79. The zero-order chi connectivity index (χ0) is 21.4. The van der Waals surface area contributed by atoms with E-state index in [2.05, 4.69) is 89.2 Å². The van der Waals surface area contributed by atoms with Crippen molar-refractivity contribution in [3.8, 4) is 0 Å². The van der Waals surface area contributed by atoms with Gasteiger partial charge in [0.1, 0.15) is 0 Å². The standard InChI is InChI=1S/C24H34N2P2Si/c1-23(2,3)22-18(29(4,5)6)15-17(16-27)21(22)24(28,19-11-7-9-13-25-19)20-12-8-10-14-26-20/h7-15,22H,16,27-28H2,1-6H3. The van der Waals surface area contributed by atoms with Gasteiger partial charge < -0.3 is 0 Å². The molecule has 0 saturated carbocycles. The molecule has 0 aliphatic heterocycles. The lowest BCUT2D eigenvalue weighted by Crippen LogP contribution is -2.39. The molecule has 0 amide bonds. The number of allylic oxidation sites excluding steroid dienone is 4. The van der Waals surface area contributed by atoms with Crippen molar-refractivity contribution in [2.75, 3.05) is 6.16 Å². The van der Waals surface area contributed by atoms with E-state index in [1.165, 1.54) is 11.1 Å². The number of rotatable bonds is 5. The third-order valence-corrected chi connectivity index (χ3v) is 9.30. The minimum atomic E-state index is -1.52. The molecule has 0 saturated heterocycles. The first kappa shape index (κ1) is 22.5. The van der Waals surface area contributed by atoms with Crippen LogP contribution in [0.2, 0.25) is 19.6 Å². The molecule has 2 aromatic rings. The van der Waals surface area contributed by atoms with Crippen LogP contribution in [-0.4, -0.2) is 24.2 Å². The average molecular weight is 441 g/mol. The number of hydrogen-bond donors (Lipinski definition) is 0. The maximum Gasteiger partial charge on any atom is 0.0905 e. The topological polar surface area (TPSA) is 25.8 Å². The first-order valence-electron chi connectivity index (χ1n) is 10.3. The molecule has 1 aliphatic carbocycles. The smallest absolute Gasteiger partial charge is 0.0905 e. The molecular formula is C24H34N2P2Si. The summed E-state index contributed by atoms with van der Waals surface area (Å²) in [5.74, 6) is 0.367. The SMILES string of the molecule is CC(C)(C)C1C([Si](C)(C)C)=CC(CP)=C1C(P)(c1ccccn1)c1ccccn1. The maximum absolute atomic E-state index is 4.83. The van der Waals surface area contributed by atoms with E-state index in [4.69, 9.17) is 9.97 Å². The molecular weight excluding hydrogens is 406 g/mol. The van der Waals surface area contributed by atoms with E-state index in [0.717, 1.165) is 17.5 Å². The van der Waals surface area contributed by atoms with Gasteiger partial charge in [-0.15, -0.1) is 18.5 Å². The highest BCUT2D eigenvalue weighted by Gasteiger charge is 2.49. The fourth-order valence-electron chi connectivity index (χ4n) is 4.49. The molecule has 29 heavy (non-hydrogen) atoms. The Balaban J connectivity index is 2.35. The largest absolute Gasteiger partial charge is 0.260 e. The Labute approximate surface area is 182 Å². The van der Waals surface area contributed by atoms with Crippen molar-refractivity contribution in [1.82, 2.24) is 9.97 Å². The van der Waals surface area contributed by atoms with Crippen molar-refractivity contribution in [3.63, 3.8) is 0 Å². The number of pyridine rings is 2. The van der Waals surface area contributed by atoms with Crippen molar-refractivity contribution >= 4 is 26.6 Å². The molecule has 0 fully saturated rings. The molecule has 0 bridgehead atoms. The van der Waals surface area contributed by atoms with Crippen LogP contribution in [0, 0.1) is 11.3 Å². The van der Waals surface area contributed by atoms with Crippen molar-refractivity contribution in [3.05, 3.63) is 82.6 Å². The molecule has 0 spiro atoms. The van der Waals surface area contributed by atoms with Crippen LogP contribution in [0.3, 0.4) is 0 Å². The second-order valence-electron chi connectivity index (χ2n) is 10.0. The molecule has 2 heterocycles. The minimum absolute atomic E-state index is 0.106. The van der Waals surface area contributed by atoms with E-state index in [0.29, 0.717) is 5.92 Å². The van der Waals surface area contributed by atoms with Crippen LogP contribution in [-0.2, 0) is 5.16 Å². The van der Waals surface area contributed by atoms with E-state index in [9.17, 15) is 0 Å². The van der Waals surface area contributed by atoms with Crippen LogP contribution < -0.4 is 0 Å². The van der Waals surface area contributed by atoms with E-state index in [1.807, 2.05) is 24.5 Å². The zero-order valence-electron chi connectivity index (χ0n) is 18.5. The third kappa shape index (κ3) is 4.20. The quantitative estimate of drug-likeness (QED) is 0.406. The summed E-state index contributed by atoms with van der Waals surface area (Å²) in [6.07, 6.45) is 7.23. The van der Waals surface area contributed by atoms with E-state index < -0.39 is 13.2 Å². The monoisotopic (exact) mass is 440 g/mol. The van der Waals surface area contributed by atoms with Gasteiger partial charge in [0.05, 0.1) is 24.6 Å². The summed E-state index contributed by atoms with van der Waals surface area (Å²) in [6, 6.07) is 12.4. The number of aromatic nitrogens is 2. The van der Waals surface area contributed by atoms with Crippen molar-refractivity contribution < 1.29 is 0 Å². The Hall–Kier alpha value is -1.14. The van der Waals surface area contributed by atoms with Gasteiger partial charge in [0.15, 0.2) is 0 Å². The Bertz CT molecular complexity index is 883. The van der Waals surface area contributed by atoms with Gasteiger partial charge in [0.2, 0.25) is 0 Å². The van der Waals surface area contributed by atoms with Crippen LogP contribution >= 0.6 is 18.5 Å². The fourth-order valence-corrected chi connectivity index (χ4v) is 7.57. The molecule has 0 radical (unpaired) electrons. The highest BCUT2D eigenvalue weighted by molar-refractivity contribution is 7.19. The molecule has 1 aliphatic rings. The van der Waals surface area contributed by atoms with Gasteiger partial charge in [-0.1, -0.05) is 63.8 Å². The Morgan fingerprint density at radius 3 is 1.79 bits per heavy atom. The summed E-state index contributed by atoms with van der Waals surface area (Å²) in [5, 5.41) is 1.18. The lowest BCUT2D eigenvalue weighted by atomic mass is 9.71. The van der Waals surface area contributed by atoms with Crippen molar-refractivity contribution in [2.24, 2.45) is 11.3 Å². The molecule has 2 aromatic heterocycles. The summed E-state index contributed by atoms with van der Waals surface area (Å²) in [4.78, 5) is 9.66. The summed E-state index contributed by atoms with van der Waals surface area (Å²) >= 11 is 0. The summed E-state index contributed by atoms with van der Waals surface area (Å²) in [7, 11) is 4.61. The Morgan fingerprint density at radius 1 is 0.931 bits per heavy atom. The molecule has 0 aromatic carbocycles. The normalized spacial score (nSPS) is 18.2. The van der Waals surface area contributed by atoms with Gasteiger partial charge in [-0.05, 0) is 47.0 Å². The molecule has 2 nitrogen and oxygen atoms in total. The van der Waals surface area contributed by atoms with Gasteiger partial charge in [-0.3, -0.25) is 9.97 Å². The molecule has 0 N–H and O–H groups in total. The van der Waals surface area contributed by atoms with Crippen LogP contribution in [0.5, 0.6) is 0 Å². The first-order chi connectivity index (χ1) is 13.5. The fraction of sp³-hybridized carbons (Fsp3) is 0.417.